The highest BCUT2D eigenvalue weighted by Gasteiger charge is 2.28. The molecule has 0 saturated heterocycles. The molecule has 0 bridgehead atoms. The number of nitrogens with one attached hydrogen (secondary N) is 1. The van der Waals surface area contributed by atoms with Gasteiger partial charge < -0.3 is 19.8 Å². The van der Waals surface area contributed by atoms with Crippen molar-refractivity contribution in [1.29, 1.82) is 0 Å². The van der Waals surface area contributed by atoms with E-state index in [0.717, 1.165) is 122 Å². The Balaban J connectivity index is 4.22. The molecular formula is C77H132N2O6P+. The van der Waals surface area contributed by atoms with Gasteiger partial charge >= 0.3 is 7.82 Å². The Morgan fingerprint density at radius 3 is 1.07 bits per heavy atom. The van der Waals surface area contributed by atoms with Crippen molar-refractivity contribution in [1.82, 2.24) is 5.32 Å². The van der Waals surface area contributed by atoms with Crippen LogP contribution in [0.25, 0.3) is 0 Å². The summed E-state index contributed by atoms with van der Waals surface area (Å²) in [7, 11) is 1.52. The van der Waals surface area contributed by atoms with Crippen molar-refractivity contribution >= 4 is 13.7 Å². The van der Waals surface area contributed by atoms with Crippen LogP contribution in [0.15, 0.2) is 158 Å². The van der Waals surface area contributed by atoms with E-state index in [-0.39, 0.29) is 19.1 Å². The number of hydrogen-bond acceptors (Lipinski definition) is 5. The molecule has 8 nitrogen and oxygen atoms in total. The standard InChI is InChI=1S/C77H131N2O6P/c1-6-8-10-12-14-16-18-20-22-24-26-28-30-32-33-34-35-36-37-38-39-40-41-42-43-44-45-47-49-51-53-55-57-59-61-63-65-67-69-71-77(81)78-75(74-85-86(82,83)84-73-72-79(3,4)5)76(80)70-68-66-64-62-60-58-56-54-52-50-48-46-31-29-27-25-23-21-19-17-15-13-11-9-7-2/h8,10,14,16,20,22,26,28,32-33,35-36,38-39,41-42,44-45,49,51-52,54,60,62,68,70,75-76,80H,6-7,9,11-13,15,17-19,21,23-25,27,29-31,34,37,40,43,46-48,50,53,55-59,61,63-67,69,71-74H2,1-5H3,(H-,78,81,82,83)/p+1/b10-8-,16-14-,22-20-,28-26-,33-32-,36-35-,39-38-,42-41-,45-44-,51-49-,54-52+,62-60+,70-68+. The second-order valence-electron chi connectivity index (χ2n) is 24.2. The topological polar surface area (TPSA) is 105 Å². The fourth-order valence-electron chi connectivity index (χ4n) is 9.34. The number of phosphoric acid groups is 1. The van der Waals surface area contributed by atoms with Crippen LogP contribution >= 0.6 is 7.82 Å². The summed E-state index contributed by atoms with van der Waals surface area (Å²) >= 11 is 0. The van der Waals surface area contributed by atoms with Crippen LogP contribution in [0.5, 0.6) is 0 Å². The average Bonchev–Trinajstić information content (AvgIpc) is 3.70. The number of amides is 1. The number of nitrogens with zero attached hydrogens (tertiary/aromatic N) is 1. The fourth-order valence-corrected chi connectivity index (χ4v) is 10.1. The lowest BCUT2D eigenvalue weighted by molar-refractivity contribution is -0.870. The van der Waals surface area contributed by atoms with Crippen molar-refractivity contribution < 1.29 is 32.9 Å². The number of hydrogen-bond donors (Lipinski definition) is 3. The second kappa shape index (κ2) is 65.6. The smallest absolute Gasteiger partial charge is 0.387 e. The van der Waals surface area contributed by atoms with Crippen molar-refractivity contribution in [3.8, 4) is 0 Å². The number of aliphatic hydroxyl groups is 1. The molecule has 3 N–H and O–H groups in total. The lowest BCUT2D eigenvalue weighted by Gasteiger charge is -2.25. The van der Waals surface area contributed by atoms with E-state index in [1.54, 1.807) is 6.08 Å². The third-order valence-electron chi connectivity index (χ3n) is 14.7. The SMILES string of the molecule is CC/C=C\C/C=C\C/C=C\C/C=C\C/C=C\C/C=C\C/C=C\C/C=C\C/C=C\C/C=C\CCCCCCCCCCC(=O)NC(COP(=O)(O)OCC[N+](C)(C)C)C(O)/C=C/CC/C=C/CC/C=C/CCCCCCCCCCCCCCCCC. The van der Waals surface area contributed by atoms with Crippen LogP contribution in [-0.2, 0) is 18.4 Å². The molecule has 490 valence electrons. The zero-order valence-electron chi connectivity index (χ0n) is 56.0. The molecule has 0 aromatic carbocycles. The first-order valence-corrected chi connectivity index (χ1v) is 36.4. The molecule has 86 heavy (non-hydrogen) atoms. The summed E-state index contributed by atoms with van der Waals surface area (Å²) in [4.78, 5) is 23.4. The van der Waals surface area contributed by atoms with Gasteiger partial charge in [-0.3, -0.25) is 13.8 Å². The quantitative estimate of drug-likeness (QED) is 0.0243. The summed E-state index contributed by atoms with van der Waals surface area (Å²) in [5.41, 5.74) is 0. The summed E-state index contributed by atoms with van der Waals surface area (Å²) in [5.74, 6) is -0.204. The largest absolute Gasteiger partial charge is 0.472 e. The van der Waals surface area contributed by atoms with Crippen molar-refractivity contribution in [3.63, 3.8) is 0 Å². The van der Waals surface area contributed by atoms with Gasteiger partial charge in [-0.25, -0.2) is 4.57 Å². The van der Waals surface area contributed by atoms with Crippen molar-refractivity contribution in [2.24, 2.45) is 0 Å². The van der Waals surface area contributed by atoms with E-state index in [4.69, 9.17) is 9.05 Å². The van der Waals surface area contributed by atoms with E-state index in [1.165, 1.54) is 128 Å². The van der Waals surface area contributed by atoms with Gasteiger partial charge in [0, 0.05) is 6.42 Å². The monoisotopic (exact) mass is 1210 g/mol. The summed E-state index contributed by atoms with van der Waals surface area (Å²) in [6.07, 6.45) is 102. The predicted molar refractivity (Wildman–Crippen MR) is 377 cm³/mol. The minimum atomic E-state index is -4.38. The molecule has 0 fully saturated rings. The lowest BCUT2D eigenvalue weighted by atomic mass is 10.0. The highest BCUT2D eigenvalue weighted by atomic mass is 31.2. The Bertz CT molecular complexity index is 1960. The van der Waals surface area contributed by atoms with Gasteiger partial charge in [0.15, 0.2) is 0 Å². The van der Waals surface area contributed by atoms with Crippen LogP contribution in [0, 0.1) is 0 Å². The minimum Gasteiger partial charge on any atom is -0.387 e. The number of rotatable bonds is 62. The van der Waals surface area contributed by atoms with Gasteiger partial charge in [0.1, 0.15) is 13.2 Å². The third kappa shape index (κ3) is 67.6. The molecule has 3 atom stereocenters. The molecular weight excluding hydrogens is 1080 g/mol. The van der Waals surface area contributed by atoms with E-state index >= 15 is 0 Å². The highest BCUT2D eigenvalue weighted by molar-refractivity contribution is 7.47. The Morgan fingerprint density at radius 1 is 0.407 bits per heavy atom. The van der Waals surface area contributed by atoms with Crippen LogP contribution in [0.4, 0.5) is 0 Å². The van der Waals surface area contributed by atoms with Crippen LogP contribution < -0.4 is 5.32 Å². The number of quaternary nitrogens is 1. The summed E-state index contributed by atoms with van der Waals surface area (Å²) < 4.78 is 23.8. The van der Waals surface area contributed by atoms with Gasteiger partial charge in [-0.2, -0.15) is 0 Å². The van der Waals surface area contributed by atoms with E-state index < -0.39 is 20.0 Å². The number of aliphatic hydroxyl groups excluding tert-OH is 1. The zero-order valence-corrected chi connectivity index (χ0v) is 56.9. The first-order chi connectivity index (χ1) is 42.0. The molecule has 0 aromatic heterocycles. The number of phosphoric ester groups is 1. The molecule has 0 aliphatic rings. The summed E-state index contributed by atoms with van der Waals surface area (Å²) in [6, 6.07) is -0.888. The first-order valence-electron chi connectivity index (χ1n) is 34.9. The van der Waals surface area contributed by atoms with E-state index in [0.29, 0.717) is 17.4 Å². The second-order valence-corrected chi connectivity index (χ2v) is 25.6. The highest BCUT2D eigenvalue weighted by Crippen LogP contribution is 2.43. The Labute approximate surface area is 531 Å². The van der Waals surface area contributed by atoms with E-state index in [9.17, 15) is 19.4 Å². The van der Waals surface area contributed by atoms with Crippen LogP contribution in [-0.4, -0.2) is 73.4 Å². The van der Waals surface area contributed by atoms with Crippen LogP contribution in [0.3, 0.4) is 0 Å². The molecule has 0 aliphatic heterocycles. The maximum atomic E-state index is 13.0. The van der Waals surface area contributed by atoms with Gasteiger partial charge in [-0.05, 0) is 122 Å². The third-order valence-corrected chi connectivity index (χ3v) is 15.7. The van der Waals surface area contributed by atoms with E-state index in [1.807, 2.05) is 27.2 Å². The molecule has 0 saturated carbocycles. The van der Waals surface area contributed by atoms with Gasteiger partial charge in [0.05, 0.1) is 39.9 Å². The Morgan fingerprint density at radius 2 is 0.709 bits per heavy atom. The number of carbonyl (C=O) groups is 1. The fraction of sp³-hybridized carbons (Fsp3) is 0.649. The predicted octanol–water partition coefficient (Wildman–Crippen LogP) is 22.5. The molecule has 0 aromatic rings. The molecule has 3 unspecified atom stereocenters. The Kier molecular flexibility index (Phi) is 62.6. The zero-order chi connectivity index (χ0) is 62.6. The molecule has 1 amide bonds. The summed E-state index contributed by atoms with van der Waals surface area (Å²) in [5, 5.41) is 14.0. The van der Waals surface area contributed by atoms with Crippen LogP contribution in [0.1, 0.15) is 271 Å². The molecule has 0 aliphatic carbocycles. The molecule has 9 heteroatoms. The minimum absolute atomic E-state index is 0.0439. The van der Waals surface area contributed by atoms with Gasteiger partial charge in [-0.15, -0.1) is 0 Å². The molecule has 0 heterocycles. The number of allylic oxidation sites excluding steroid dienone is 25. The maximum absolute atomic E-state index is 13.0. The normalized spacial score (nSPS) is 14.6. The van der Waals surface area contributed by atoms with Gasteiger partial charge in [0.25, 0.3) is 0 Å². The van der Waals surface area contributed by atoms with Gasteiger partial charge in [0.2, 0.25) is 5.91 Å². The lowest BCUT2D eigenvalue weighted by Crippen LogP contribution is -2.45. The Hall–Kier alpha value is -3.88. The number of likely N-dealkylation sites (N-methyl/N-ethyl adjacent to an activating group) is 1. The van der Waals surface area contributed by atoms with Crippen molar-refractivity contribution in [3.05, 3.63) is 158 Å². The summed E-state index contributed by atoms with van der Waals surface area (Å²) in [6.45, 7) is 4.67. The van der Waals surface area contributed by atoms with Crippen molar-refractivity contribution in [2.45, 2.75) is 283 Å². The maximum Gasteiger partial charge on any atom is 0.472 e. The molecule has 0 rings (SSSR count). The first kappa shape index (κ1) is 82.1. The average molecular weight is 1210 g/mol. The van der Waals surface area contributed by atoms with E-state index in [2.05, 4.69) is 165 Å². The van der Waals surface area contributed by atoms with Gasteiger partial charge in [-0.1, -0.05) is 300 Å². The van der Waals surface area contributed by atoms with Crippen molar-refractivity contribution in [2.75, 3.05) is 40.9 Å². The number of unbranched alkanes of at least 4 members (excludes halogenated alkanes) is 25. The number of carbonyl (C=O) groups excluding carboxylic acids is 1. The molecule has 0 radical (unpaired) electrons. The molecule has 0 spiro atoms. The van der Waals surface area contributed by atoms with Crippen LogP contribution in [0.2, 0.25) is 0 Å².